The predicted octanol–water partition coefficient (Wildman–Crippen LogP) is 3.92. The Hall–Kier alpha value is -1.76. The summed E-state index contributed by atoms with van der Waals surface area (Å²) >= 11 is 0. The fourth-order valence-electron chi connectivity index (χ4n) is 5.47. The summed E-state index contributed by atoms with van der Waals surface area (Å²) in [5, 5.41) is 12.3. The quantitative estimate of drug-likeness (QED) is 0.899. The van der Waals surface area contributed by atoms with Gasteiger partial charge in [0, 0.05) is 5.56 Å². The maximum atomic E-state index is 13.0. The molecular weight excluding hydrogens is 276 g/mol. The minimum Gasteiger partial charge on any atom is -0.444 e. The Labute approximate surface area is 130 Å². The monoisotopic (exact) mass is 298 g/mol. The molecule has 4 aliphatic rings. The van der Waals surface area contributed by atoms with Crippen molar-refractivity contribution in [3.8, 4) is 6.07 Å². The van der Waals surface area contributed by atoms with Crippen LogP contribution in [0.3, 0.4) is 0 Å². The second-order valence-corrected chi connectivity index (χ2v) is 7.75. The molecule has 116 valence electrons. The molecule has 22 heavy (non-hydrogen) atoms. The van der Waals surface area contributed by atoms with Crippen LogP contribution in [0.25, 0.3) is 0 Å². The number of nitriles is 1. The molecule has 0 spiro atoms. The average molecular weight is 298 g/mol. The maximum absolute atomic E-state index is 13.0. The number of hydrogen-bond acceptors (Lipinski definition) is 3. The van der Waals surface area contributed by atoms with Crippen LogP contribution in [0.1, 0.15) is 55.4 Å². The SMILES string of the molecule is Cc1oc(NC(=O)C23CC4CC(CC(C4)C2)C3)c(C#N)c1C. The summed E-state index contributed by atoms with van der Waals surface area (Å²) in [5.41, 5.74) is 1.08. The molecule has 4 fully saturated rings. The molecule has 4 nitrogen and oxygen atoms in total. The first kappa shape index (κ1) is 13.9. The highest BCUT2D eigenvalue weighted by Crippen LogP contribution is 2.60. The molecule has 1 heterocycles. The zero-order valence-electron chi connectivity index (χ0n) is 13.2. The Morgan fingerprint density at radius 2 is 1.73 bits per heavy atom. The van der Waals surface area contributed by atoms with Crippen molar-refractivity contribution in [1.82, 2.24) is 0 Å². The summed E-state index contributed by atoms with van der Waals surface area (Å²) in [6.45, 7) is 3.69. The predicted molar refractivity (Wildman–Crippen MR) is 82.1 cm³/mol. The van der Waals surface area contributed by atoms with Gasteiger partial charge in [-0.2, -0.15) is 5.26 Å². The lowest BCUT2D eigenvalue weighted by molar-refractivity contribution is -0.140. The van der Waals surface area contributed by atoms with Gasteiger partial charge in [-0.15, -0.1) is 0 Å². The molecule has 1 aromatic rings. The van der Waals surface area contributed by atoms with Crippen molar-refractivity contribution in [3.05, 3.63) is 16.9 Å². The van der Waals surface area contributed by atoms with Crippen LogP contribution in [0.5, 0.6) is 0 Å². The minimum atomic E-state index is -0.212. The number of furan rings is 1. The highest BCUT2D eigenvalue weighted by Gasteiger charge is 2.54. The van der Waals surface area contributed by atoms with Crippen molar-refractivity contribution in [1.29, 1.82) is 5.26 Å². The summed E-state index contributed by atoms with van der Waals surface area (Å²) < 4.78 is 5.62. The Balaban J connectivity index is 1.61. The summed E-state index contributed by atoms with van der Waals surface area (Å²) in [6.07, 6.45) is 7.00. The van der Waals surface area contributed by atoms with Gasteiger partial charge in [0.2, 0.25) is 11.8 Å². The van der Waals surface area contributed by atoms with Gasteiger partial charge in [-0.1, -0.05) is 0 Å². The van der Waals surface area contributed by atoms with E-state index >= 15 is 0 Å². The highest BCUT2D eigenvalue weighted by molar-refractivity contribution is 5.95. The Morgan fingerprint density at radius 3 is 2.23 bits per heavy atom. The molecule has 4 heteroatoms. The minimum absolute atomic E-state index is 0.0804. The van der Waals surface area contributed by atoms with Crippen LogP contribution in [0, 0.1) is 48.3 Å². The van der Waals surface area contributed by atoms with Gasteiger partial charge in [0.05, 0.1) is 5.41 Å². The van der Waals surface area contributed by atoms with Gasteiger partial charge in [-0.05, 0) is 70.1 Å². The molecule has 0 aliphatic heterocycles. The number of nitrogens with one attached hydrogen (secondary N) is 1. The first-order chi connectivity index (χ1) is 10.5. The van der Waals surface area contributed by atoms with E-state index in [1.165, 1.54) is 19.3 Å². The molecule has 4 saturated carbocycles. The fourth-order valence-corrected chi connectivity index (χ4v) is 5.47. The van der Waals surface area contributed by atoms with Gasteiger partial charge in [0.1, 0.15) is 17.4 Å². The summed E-state index contributed by atoms with van der Waals surface area (Å²) in [6, 6.07) is 2.16. The van der Waals surface area contributed by atoms with Crippen LogP contribution in [0.2, 0.25) is 0 Å². The number of aryl methyl sites for hydroxylation is 1. The van der Waals surface area contributed by atoms with Crippen molar-refractivity contribution >= 4 is 11.8 Å². The third kappa shape index (κ3) is 1.91. The first-order valence-electron chi connectivity index (χ1n) is 8.32. The van der Waals surface area contributed by atoms with E-state index in [2.05, 4.69) is 11.4 Å². The Kier molecular flexibility index (Phi) is 2.91. The standard InChI is InChI=1S/C18H22N2O2/c1-10-11(2)22-16(15(10)9-19)20-17(21)18-6-12-3-13(7-18)5-14(4-12)8-18/h12-14H,3-8H2,1-2H3,(H,20,21). The lowest BCUT2D eigenvalue weighted by atomic mass is 9.49. The molecule has 1 amide bonds. The molecule has 1 aromatic heterocycles. The topological polar surface area (TPSA) is 66.0 Å². The molecule has 0 radical (unpaired) electrons. The number of rotatable bonds is 2. The normalized spacial score (nSPS) is 35.4. The van der Waals surface area contributed by atoms with Crippen molar-refractivity contribution in [2.24, 2.45) is 23.2 Å². The van der Waals surface area contributed by atoms with E-state index in [0.717, 1.165) is 42.6 Å². The van der Waals surface area contributed by atoms with E-state index < -0.39 is 0 Å². The third-order valence-corrected chi connectivity index (χ3v) is 6.24. The van der Waals surface area contributed by atoms with Crippen LogP contribution in [-0.2, 0) is 4.79 Å². The largest absolute Gasteiger partial charge is 0.444 e. The number of carbonyl (C=O) groups is 1. The molecule has 0 unspecified atom stereocenters. The van der Waals surface area contributed by atoms with Gasteiger partial charge in [-0.3, -0.25) is 10.1 Å². The molecule has 5 rings (SSSR count). The second kappa shape index (κ2) is 4.62. The number of anilines is 1. The summed E-state index contributed by atoms with van der Waals surface area (Å²) in [7, 11) is 0. The van der Waals surface area contributed by atoms with Gasteiger partial charge < -0.3 is 4.42 Å². The van der Waals surface area contributed by atoms with Crippen molar-refractivity contribution in [2.45, 2.75) is 52.4 Å². The van der Waals surface area contributed by atoms with E-state index in [1.807, 2.05) is 13.8 Å². The molecule has 4 bridgehead atoms. The van der Waals surface area contributed by atoms with Crippen LogP contribution in [0.4, 0.5) is 5.88 Å². The van der Waals surface area contributed by atoms with Crippen LogP contribution in [0.15, 0.2) is 4.42 Å². The Morgan fingerprint density at radius 1 is 1.18 bits per heavy atom. The van der Waals surface area contributed by atoms with E-state index in [9.17, 15) is 10.1 Å². The maximum Gasteiger partial charge on any atom is 0.232 e. The zero-order chi connectivity index (χ0) is 15.5. The molecule has 1 N–H and O–H groups in total. The van der Waals surface area contributed by atoms with Crippen molar-refractivity contribution in [2.75, 3.05) is 5.32 Å². The fraction of sp³-hybridized carbons (Fsp3) is 0.667. The van der Waals surface area contributed by atoms with Gasteiger partial charge >= 0.3 is 0 Å². The van der Waals surface area contributed by atoms with Crippen molar-refractivity contribution < 1.29 is 9.21 Å². The lowest BCUT2D eigenvalue weighted by Gasteiger charge is -2.55. The number of amides is 1. The number of hydrogen-bond donors (Lipinski definition) is 1. The van der Waals surface area contributed by atoms with Crippen LogP contribution in [-0.4, -0.2) is 5.91 Å². The Bertz CT molecular complexity index is 645. The summed E-state index contributed by atoms with van der Waals surface area (Å²) in [4.78, 5) is 13.0. The third-order valence-electron chi connectivity index (χ3n) is 6.24. The highest BCUT2D eigenvalue weighted by atomic mass is 16.4. The zero-order valence-corrected chi connectivity index (χ0v) is 13.2. The molecule has 0 aromatic carbocycles. The van der Waals surface area contributed by atoms with Gasteiger partial charge in [-0.25, -0.2) is 0 Å². The van der Waals surface area contributed by atoms with E-state index in [0.29, 0.717) is 17.2 Å². The summed E-state index contributed by atoms with van der Waals surface area (Å²) in [5.74, 6) is 3.32. The van der Waals surface area contributed by atoms with Crippen LogP contribution < -0.4 is 5.32 Å². The molecular formula is C18H22N2O2. The molecule has 4 aliphatic carbocycles. The second-order valence-electron chi connectivity index (χ2n) is 7.75. The number of nitrogens with zero attached hydrogens (tertiary/aromatic N) is 1. The molecule has 0 saturated heterocycles. The van der Waals surface area contributed by atoms with E-state index in [4.69, 9.17) is 4.42 Å². The smallest absolute Gasteiger partial charge is 0.232 e. The average Bonchev–Trinajstić information content (AvgIpc) is 2.71. The molecule has 0 atom stereocenters. The first-order valence-corrected chi connectivity index (χ1v) is 8.32. The lowest BCUT2D eigenvalue weighted by Crippen LogP contribution is -2.51. The van der Waals surface area contributed by atoms with E-state index in [1.54, 1.807) is 0 Å². The van der Waals surface area contributed by atoms with Crippen molar-refractivity contribution in [3.63, 3.8) is 0 Å². The van der Waals surface area contributed by atoms with Gasteiger partial charge in [0.15, 0.2) is 0 Å². The van der Waals surface area contributed by atoms with Crippen LogP contribution >= 0.6 is 0 Å². The van der Waals surface area contributed by atoms with Gasteiger partial charge in [0.25, 0.3) is 0 Å². The van der Waals surface area contributed by atoms with E-state index in [-0.39, 0.29) is 11.3 Å². The number of carbonyl (C=O) groups excluding carboxylic acids is 1.